The van der Waals surface area contributed by atoms with Crippen LogP contribution in [-0.2, 0) is 21.4 Å². The Labute approximate surface area is 190 Å². The molecule has 8 heteroatoms. The molecule has 0 bridgehead atoms. The van der Waals surface area contributed by atoms with Crippen LogP contribution in [0.3, 0.4) is 0 Å². The normalized spacial score (nSPS) is 11.7. The van der Waals surface area contributed by atoms with Crippen LogP contribution in [0.4, 0.5) is 0 Å². The quantitative estimate of drug-likeness (QED) is 0.374. The highest BCUT2D eigenvalue weighted by Gasteiger charge is 2.26. The van der Waals surface area contributed by atoms with E-state index in [1.807, 2.05) is 61.5 Å². The summed E-state index contributed by atoms with van der Waals surface area (Å²) in [6, 6.07) is 23.1. The summed E-state index contributed by atoms with van der Waals surface area (Å²) in [5.74, 6) is -0.528. The average molecular weight is 500 g/mol. The molecule has 0 aliphatic rings. The van der Waals surface area contributed by atoms with E-state index in [1.54, 1.807) is 24.3 Å². The zero-order valence-corrected chi connectivity index (χ0v) is 19.3. The van der Waals surface area contributed by atoms with Crippen LogP contribution in [0.2, 0.25) is 0 Å². The number of hydrogen-bond donors (Lipinski definition) is 1. The number of hydrogen-bond acceptors (Lipinski definition) is 4. The van der Waals surface area contributed by atoms with E-state index in [0.29, 0.717) is 0 Å². The Morgan fingerprint density at radius 1 is 1.00 bits per heavy atom. The summed E-state index contributed by atoms with van der Waals surface area (Å²) in [5, 5.41) is 3.94. The highest BCUT2D eigenvalue weighted by molar-refractivity contribution is 9.10. The maximum Gasteiger partial charge on any atom is 0.255 e. The molecule has 1 N–H and O–H groups in total. The average Bonchev–Trinajstić information content (AvgIpc) is 2.76. The highest BCUT2D eigenvalue weighted by Crippen LogP contribution is 2.19. The van der Waals surface area contributed by atoms with E-state index in [0.717, 1.165) is 25.5 Å². The lowest BCUT2D eigenvalue weighted by atomic mass is 10.2. The number of rotatable bonds is 8. The molecule has 3 aromatic carbocycles. The van der Waals surface area contributed by atoms with Crippen LogP contribution in [0.1, 0.15) is 16.7 Å². The third-order valence-electron chi connectivity index (χ3n) is 4.45. The van der Waals surface area contributed by atoms with Gasteiger partial charge in [-0.3, -0.25) is 4.79 Å². The van der Waals surface area contributed by atoms with E-state index in [9.17, 15) is 13.2 Å². The van der Waals surface area contributed by atoms with Crippen LogP contribution in [0.25, 0.3) is 0 Å². The van der Waals surface area contributed by atoms with Gasteiger partial charge in [-0.1, -0.05) is 76.1 Å². The zero-order valence-electron chi connectivity index (χ0n) is 16.9. The number of nitrogens with zero attached hydrogens (tertiary/aromatic N) is 2. The maximum absolute atomic E-state index is 13.2. The van der Waals surface area contributed by atoms with Crippen molar-refractivity contribution in [2.45, 2.75) is 18.4 Å². The summed E-state index contributed by atoms with van der Waals surface area (Å²) in [6.45, 7) is 1.60. The van der Waals surface area contributed by atoms with Crippen molar-refractivity contribution in [1.29, 1.82) is 0 Å². The fourth-order valence-corrected chi connectivity index (χ4v) is 4.44. The molecule has 0 spiro atoms. The summed E-state index contributed by atoms with van der Waals surface area (Å²) in [5.41, 5.74) is 4.94. The second-order valence-corrected chi connectivity index (χ2v) is 9.77. The molecule has 0 radical (unpaired) electrons. The van der Waals surface area contributed by atoms with Gasteiger partial charge in [-0.05, 0) is 42.3 Å². The van der Waals surface area contributed by atoms with Crippen LogP contribution >= 0.6 is 15.9 Å². The van der Waals surface area contributed by atoms with Gasteiger partial charge in [0.2, 0.25) is 10.0 Å². The molecule has 0 aromatic heterocycles. The van der Waals surface area contributed by atoms with E-state index in [4.69, 9.17) is 0 Å². The SMILES string of the molecule is Cc1ccc(S(=O)(=O)N(CC(=O)N/N=C\c2ccc(Br)cc2)Cc2ccccc2)cc1. The Hall–Kier alpha value is -2.81. The first-order chi connectivity index (χ1) is 14.8. The Bertz CT molecular complexity index is 1150. The number of carbonyl (C=O) groups excluding carboxylic acids is 1. The first-order valence-corrected chi connectivity index (χ1v) is 11.8. The van der Waals surface area contributed by atoms with Crippen molar-refractivity contribution in [3.8, 4) is 0 Å². The van der Waals surface area contributed by atoms with E-state index in [1.165, 1.54) is 6.21 Å². The predicted molar refractivity (Wildman–Crippen MR) is 125 cm³/mol. The minimum atomic E-state index is -3.88. The van der Waals surface area contributed by atoms with Gasteiger partial charge in [0.1, 0.15) is 0 Å². The number of sulfonamides is 1. The van der Waals surface area contributed by atoms with Gasteiger partial charge >= 0.3 is 0 Å². The van der Waals surface area contributed by atoms with Crippen molar-refractivity contribution < 1.29 is 13.2 Å². The third-order valence-corrected chi connectivity index (χ3v) is 6.79. The molecule has 0 heterocycles. The molecule has 160 valence electrons. The standard InChI is InChI=1S/C23H22BrN3O3S/c1-18-7-13-22(14-8-18)31(29,30)27(16-20-5-3-2-4-6-20)17-23(28)26-25-15-19-9-11-21(24)12-10-19/h2-15H,16-17H2,1H3,(H,26,28)/b25-15-. The van der Waals surface area contributed by atoms with Gasteiger partial charge in [-0.25, -0.2) is 13.8 Å². The first-order valence-electron chi connectivity index (χ1n) is 9.53. The van der Waals surface area contributed by atoms with E-state index >= 15 is 0 Å². The highest BCUT2D eigenvalue weighted by atomic mass is 79.9. The number of amides is 1. The minimum absolute atomic E-state index is 0.0703. The largest absolute Gasteiger partial charge is 0.272 e. The Morgan fingerprint density at radius 3 is 2.29 bits per heavy atom. The lowest BCUT2D eigenvalue weighted by Gasteiger charge is -2.21. The summed E-state index contributed by atoms with van der Waals surface area (Å²) < 4.78 is 28.5. The van der Waals surface area contributed by atoms with Crippen LogP contribution in [0.5, 0.6) is 0 Å². The van der Waals surface area contributed by atoms with Crippen LogP contribution in [-0.4, -0.2) is 31.4 Å². The predicted octanol–water partition coefficient (Wildman–Crippen LogP) is 4.10. The zero-order chi connectivity index (χ0) is 22.3. The van der Waals surface area contributed by atoms with E-state index in [-0.39, 0.29) is 18.0 Å². The second kappa shape index (κ2) is 10.5. The van der Waals surface area contributed by atoms with E-state index < -0.39 is 15.9 Å². The number of aryl methyl sites for hydroxylation is 1. The molecular weight excluding hydrogens is 478 g/mol. The topological polar surface area (TPSA) is 78.8 Å². The summed E-state index contributed by atoms with van der Waals surface area (Å²) in [4.78, 5) is 12.6. The molecule has 0 unspecified atom stereocenters. The lowest BCUT2D eigenvalue weighted by Crippen LogP contribution is -2.39. The maximum atomic E-state index is 13.2. The molecule has 0 aliphatic carbocycles. The lowest BCUT2D eigenvalue weighted by molar-refractivity contribution is -0.121. The van der Waals surface area contributed by atoms with Crippen LogP contribution in [0, 0.1) is 6.92 Å². The van der Waals surface area contributed by atoms with Crippen molar-refractivity contribution in [1.82, 2.24) is 9.73 Å². The monoisotopic (exact) mass is 499 g/mol. The summed E-state index contributed by atoms with van der Waals surface area (Å²) in [7, 11) is -3.88. The van der Waals surface area contributed by atoms with E-state index in [2.05, 4.69) is 26.5 Å². The van der Waals surface area contributed by atoms with Gasteiger partial charge in [-0.15, -0.1) is 0 Å². The van der Waals surface area contributed by atoms with Gasteiger partial charge in [0.25, 0.3) is 5.91 Å². The third kappa shape index (κ3) is 6.58. The van der Waals surface area contributed by atoms with Crippen molar-refractivity contribution in [3.63, 3.8) is 0 Å². The molecule has 0 fully saturated rings. The fourth-order valence-electron chi connectivity index (χ4n) is 2.80. The van der Waals surface area contributed by atoms with Crippen LogP contribution in [0.15, 0.2) is 93.3 Å². The fraction of sp³-hybridized carbons (Fsp3) is 0.130. The Balaban J connectivity index is 1.76. The summed E-state index contributed by atoms with van der Waals surface area (Å²) >= 11 is 3.36. The van der Waals surface area contributed by atoms with Gasteiger partial charge in [0, 0.05) is 11.0 Å². The van der Waals surface area contributed by atoms with Crippen molar-refractivity contribution >= 4 is 38.1 Å². The molecule has 0 atom stereocenters. The Morgan fingerprint density at radius 2 is 1.65 bits per heavy atom. The number of benzene rings is 3. The summed E-state index contributed by atoms with van der Waals surface area (Å²) in [6.07, 6.45) is 1.50. The smallest absolute Gasteiger partial charge is 0.255 e. The molecule has 1 amide bonds. The molecule has 0 saturated heterocycles. The Kier molecular flexibility index (Phi) is 7.73. The molecule has 3 aromatic rings. The molecule has 6 nitrogen and oxygen atoms in total. The molecule has 0 saturated carbocycles. The molecular formula is C23H22BrN3O3S. The van der Waals surface area contributed by atoms with Crippen molar-refractivity contribution in [2.24, 2.45) is 5.10 Å². The number of carbonyl (C=O) groups is 1. The number of nitrogens with one attached hydrogen (secondary N) is 1. The van der Waals surface area contributed by atoms with Crippen molar-refractivity contribution in [3.05, 3.63) is 100 Å². The van der Waals surface area contributed by atoms with Gasteiger partial charge in [0.05, 0.1) is 17.7 Å². The second-order valence-electron chi connectivity index (χ2n) is 6.92. The van der Waals surface area contributed by atoms with Crippen LogP contribution < -0.4 is 5.43 Å². The number of halogens is 1. The first kappa shape index (κ1) is 22.9. The minimum Gasteiger partial charge on any atom is -0.272 e. The van der Waals surface area contributed by atoms with Crippen molar-refractivity contribution in [2.75, 3.05) is 6.54 Å². The van der Waals surface area contributed by atoms with Gasteiger partial charge in [0.15, 0.2) is 0 Å². The molecule has 3 rings (SSSR count). The van der Waals surface area contributed by atoms with Gasteiger partial charge < -0.3 is 0 Å². The number of hydrazone groups is 1. The molecule has 0 aliphatic heterocycles. The molecule has 31 heavy (non-hydrogen) atoms. The van der Waals surface area contributed by atoms with Gasteiger partial charge in [-0.2, -0.15) is 9.41 Å².